The van der Waals surface area contributed by atoms with E-state index in [1.807, 2.05) is 18.2 Å². The number of piperazine rings is 1. The van der Waals surface area contributed by atoms with Crippen molar-refractivity contribution in [2.75, 3.05) is 37.7 Å². The zero-order valence-corrected chi connectivity index (χ0v) is 22.7. The van der Waals surface area contributed by atoms with Crippen LogP contribution in [0, 0.1) is 11.7 Å². The quantitative estimate of drug-likeness (QED) is 0.488. The molecule has 4 aliphatic heterocycles. The Hall–Kier alpha value is -2.84. The first kappa shape index (κ1) is 24.0. The number of hydrogen-bond acceptors (Lipinski definition) is 7. The molecule has 0 spiro atoms. The van der Waals surface area contributed by atoms with Gasteiger partial charge in [-0.2, -0.15) is 9.97 Å². The molecular formula is C31H37FN6O. The molecule has 8 heteroatoms. The monoisotopic (exact) mass is 528 g/mol. The lowest BCUT2D eigenvalue weighted by atomic mass is 9.95. The number of hydrogen-bond donors (Lipinski definition) is 1. The van der Waals surface area contributed by atoms with Gasteiger partial charge in [0, 0.05) is 36.9 Å². The summed E-state index contributed by atoms with van der Waals surface area (Å²) in [7, 11) is 0. The Kier molecular flexibility index (Phi) is 5.60. The maximum absolute atomic E-state index is 16.5. The van der Waals surface area contributed by atoms with Crippen LogP contribution in [0.15, 0.2) is 30.5 Å². The summed E-state index contributed by atoms with van der Waals surface area (Å²) in [5.41, 5.74) is 2.83. The van der Waals surface area contributed by atoms with Crippen molar-refractivity contribution in [1.29, 1.82) is 0 Å². The van der Waals surface area contributed by atoms with Crippen molar-refractivity contribution in [2.24, 2.45) is 5.92 Å². The molecule has 3 aromatic rings. The van der Waals surface area contributed by atoms with Crippen molar-refractivity contribution in [3.05, 3.63) is 41.8 Å². The standard InChI is InChI=1S/C31H37FN6O/c1-19-14-24(19)22-6-2-3-7-23(22)27-26(32)28-25(15-33-27)29(37-16-20-8-9-21(17-37)34-20)36-30(35-28)39-18-31-10-4-12-38(31)13-5-11-31/h2-3,6-7,15,19-21,24,34H,4-5,8-14,16-18H2,1H3/t19-,20-,21+,24-/m1/s1. The van der Waals surface area contributed by atoms with Crippen LogP contribution in [-0.2, 0) is 0 Å². The van der Waals surface area contributed by atoms with Gasteiger partial charge in [-0.15, -0.1) is 0 Å². The predicted octanol–water partition coefficient (Wildman–Crippen LogP) is 4.90. The highest BCUT2D eigenvalue weighted by Crippen LogP contribution is 2.50. The summed E-state index contributed by atoms with van der Waals surface area (Å²) < 4.78 is 22.9. The van der Waals surface area contributed by atoms with Gasteiger partial charge < -0.3 is 15.0 Å². The molecule has 204 valence electrons. The molecule has 0 radical (unpaired) electrons. The van der Waals surface area contributed by atoms with Crippen molar-refractivity contribution in [1.82, 2.24) is 25.2 Å². The fourth-order valence-electron chi connectivity index (χ4n) is 7.94. The summed E-state index contributed by atoms with van der Waals surface area (Å²) in [6, 6.07) is 9.30. The zero-order chi connectivity index (χ0) is 26.1. The molecular weight excluding hydrogens is 491 g/mol. The van der Waals surface area contributed by atoms with Crippen LogP contribution in [0.25, 0.3) is 22.2 Å². The summed E-state index contributed by atoms with van der Waals surface area (Å²) in [5, 5.41) is 4.37. The van der Waals surface area contributed by atoms with Crippen LogP contribution in [0.1, 0.15) is 63.4 Å². The molecule has 1 aliphatic carbocycles. The van der Waals surface area contributed by atoms with Crippen molar-refractivity contribution in [2.45, 2.75) is 75.4 Å². The van der Waals surface area contributed by atoms with Crippen LogP contribution < -0.4 is 15.0 Å². The summed E-state index contributed by atoms with van der Waals surface area (Å²) in [6.07, 6.45) is 9.97. The molecule has 0 unspecified atom stereocenters. The molecule has 6 heterocycles. The van der Waals surface area contributed by atoms with Gasteiger partial charge in [0.05, 0.1) is 10.9 Å². The first-order chi connectivity index (χ1) is 19.1. The minimum Gasteiger partial charge on any atom is -0.461 e. The number of ether oxygens (including phenoxy) is 1. The number of anilines is 1. The average Bonchev–Trinajstić information content (AvgIpc) is 3.22. The Morgan fingerprint density at radius 1 is 1.08 bits per heavy atom. The van der Waals surface area contributed by atoms with Gasteiger partial charge in [0.15, 0.2) is 5.82 Å². The average molecular weight is 529 g/mol. The number of aromatic nitrogens is 3. The first-order valence-corrected chi connectivity index (χ1v) is 14.9. The normalized spacial score (nSPS) is 29.2. The van der Waals surface area contributed by atoms with Crippen molar-refractivity contribution in [3.8, 4) is 17.3 Å². The SMILES string of the molecule is C[C@@H]1C[C@H]1c1ccccc1-c1ncc2c(N3C[C@H]4CC[C@@H](C3)N4)nc(OCC34CCCN3CCC4)nc2c1F. The largest absolute Gasteiger partial charge is 0.461 e. The Bertz CT molecular complexity index is 1410. The number of halogens is 1. The molecule has 5 aliphatic rings. The Balaban J connectivity index is 1.22. The van der Waals surface area contributed by atoms with E-state index in [9.17, 15) is 0 Å². The maximum atomic E-state index is 16.5. The summed E-state index contributed by atoms with van der Waals surface area (Å²) >= 11 is 0. The summed E-state index contributed by atoms with van der Waals surface area (Å²) in [5.74, 6) is 1.47. The highest BCUT2D eigenvalue weighted by Gasteiger charge is 2.45. The summed E-state index contributed by atoms with van der Waals surface area (Å²) in [4.78, 5) is 19.3. The Morgan fingerprint density at radius 3 is 2.56 bits per heavy atom. The van der Waals surface area contributed by atoms with Crippen LogP contribution in [0.2, 0.25) is 0 Å². The molecule has 2 bridgehead atoms. The number of fused-ring (bicyclic) bond motifs is 4. The third-order valence-electron chi connectivity index (χ3n) is 10.2. The van der Waals surface area contributed by atoms with Gasteiger partial charge in [-0.05, 0) is 75.4 Å². The molecule has 8 rings (SSSR count). The van der Waals surface area contributed by atoms with Crippen LogP contribution in [-0.4, -0.2) is 70.3 Å². The van der Waals surface area contributed by atoms with E-state index in [-0.39, 0.29) is 17.4 Å². The van der Waals surface area contributed by atoms with Crippen molar-refractivity contribution in [3.63, 3.8) is 0 Å². The molecule has 1 N–H and O–H groups in total. The lowest BCUT2D eigenvalue weighted by Gasteiger charge is -2.34. The highest BCUT2D eigenvalue weighted by molar-refractivity contribution is 5.92. The van der Waals surface area contributed by atoms with Gasteiger partial charge in [-0.25, -0.2) is 4.39 Å². The zero-order valence-electron chi connectivity index (χ0n) is 22.7. The molecule has 39 heavy (non-hydrogen) atoms. The smallest absolute Gasteiger partial charge is 0.319 e. The van der Waals surface area contributed by atoms with E-state index in [1.54, 1.807) is 6.20 Å². The topological polar surface area (TPSA) is 66.4 Å². The van der Waals surface area contributed by atoms with Gasteiger partial charge in [-0.1, -0.05) is 31.2 Å². The van der Waals surface area contributed by atoms with E-state index in [4.69, 9.17) is 19.7 Å². The lowest BCUT2D eigenvalue weighted by Crippen LogP contribution is -2.51. The molecule has 4 atom stereocenters. The Morgan fingerprint density at radius 2 is 1.82 bits per heavy atom. The number of rotatable bonds is 6. The second kappa shape index (κ2) is 9.10. The van der Waals surface area contributed by atoms with E-state index in [2.05, 4.69) is 28.1 Å². The van der Waals surface area contributed by atoms with Crippen molar-refractivity contribution < 1.29 is 9.13 Å². The first-order valence-electron chi connectivity index (χ1n) is 14.9. The number of nitrogens with one attached hydrogen (secondary N) is 1. The van der Waals surface area contributed by atoms with Gasteiger partial charge in [-0.3, -0.25) is 9.88 Å². The van der Waals surface area contributed by atoms with Crippen LogP contribution in [0.4, 0.5) is 10.2 Å². The van der Waals surface area contributed by atoms with Gasteiger partial charge in [0.25, 0.3) is 0 Å². The molecule has 5 fully saturated rings. The van der Waals surface area contributed by atoms with E-state index in [1.165, 1.54) is 31.2 Å². The lowest BCUT2D eigenvalue weighted by molar-refractivity contribution is 0.108. The van der Waals surface area contributed by atoms with E-state index in [0.29, 0.717) is 47.1 Å². The molecule has 0 amide bonds. The molecule has 1 saturated carbocycles. The van der Waals surface area contributed by atoms with Gasteiger partial charge in [0.2, 0.25) is 0 Å². The fourth-order valence-corrected chi connectivity index (χ4v) is 7.94. The number of benzene rings is 1. The molecule has 7 nitrogen and oxygen atoms in total. The molecule has 4 saturated heterocycles. The maximum Gasteiger partial charge on any atom is 0.319 e. The van der Waals surface area contributed by atoms with Crippen LogP contribution in [0.3, 0.4) is 0 Å². The second-order valence-electron chi connectivity index (χ2n) is 12.7. The highest BCUT2D eigenvalue weighted by atomic mass is 19.1. The summed E-state index contributed by atoms with van der Waals surface area (Å²) in [6.45, 7) is 6.80. The number of nitrogens with zero attached hydrogens (tertiary/aromatic N) is 5. The molecule has 2 aromatic heterocycles. The van der Waals surface area contributed by atoms with Gasteiger partial charge in [0.1, 0.15) is 23.6 Å². The third-order valence-corrected chi connectivity index (χ3v) is 10.2. The van der Waals surface area contributed by atoms with Crippen LogP contribution >= 0.6 is 0 Å². The minimum absolute atomic E-state index is 0.0779. The predicted molar refractivity (Wildman–Crippen MR) is 150 cm³/mol. The van der Waals surface area contributed by atoms with Gasteiger partial charge >= 0.3 is 6.01 Å². The minimum atomic E-state index is -0.374. The molecule has 1 aromatic carbocycles. The van der Waals surface area contributed by atoms with Crippen molar-refractivity contribution >= 4 is 16.7 Å². The van der Waals surface area contributed by atoms with E-state index < -0.39 is 0 Å². The van der Waals surface area contributed by atoms with E-state index >= 15 is 4.39 Å². The third kappa shape index (κ3) is 4.01. The van der Waals surface area contributed by atoms with Crippen LogP contribution in [0.5, 0.6) is 6.01 Å². The van der Waals surface area contributed by atoms with E-state index in [0.717, 1.165) is 56.8 Å². The number of pyridine rings is 1. The second-order valence-corrected chi connectivity index (χ2v) is 12.7. The fraction of sp³-hybridized carbons (Fsp3) is 0.581. The Labute approximate surface area is 229 Å².